The Labute approximate surface area is 115 Å². The third-order valence-corrected chi connectivity index (χ3v) is 4.19. The summed E-state index contributed by atoms with van der Waals surface area (Å²) in [7, 11) is 2.09. The molecule has 3 unspecified atom stereocenters. The molecule has 0 heterocycles. The average Bonchev–Trinajstić information content (AvgIpc) is 3.05. The predicted molar refractivity (Wildman–Crippen MR) is 75.5 cm³/mol. The molecular weight excluding hydrogens is 241 g/mol. The zero-order valence-corrected chi connectivity index (χ0v) is 12.1. The largest absolute Gasteiger partial charge is 0.388 e. The summed E-state index contributed by atoms with van der Waals surface area (Å²) in [6.07, 6.45) is 1.41. The molecular formula is C16H24FNO. The smallest absolute Gasteiger partial charge is 0.126 e. The second kappa shape index (κ2) is 6.02. The molecule has 3 heteroatoms. The van der Waals surface area contributed by atoms with Crippen molar-refractivity contribution in [3.05, 3.63) is 35.1 Å². The number of halogens is 1. The molecule has 1 aromatic rings. The van der Waals surface area contributed by atoms with E-state index in [1.54, 1.807) is 13.0 Å². The highest BCUT2D eigenvalue weighted by atomic mass is 19.1. The fourth-order valence-corrected chi connectivity index (χ4v) is 2.47. The first kappa shape index (κ1) is 14.5. The molecule has 1 aromatic carbocycles. The average molecular weight is 265 g/mol. The monoisotopic (exact) mass is 265 g/mol. The van der Waals surface area contributed by atoms with E-state index in [0.29, 0.717) is 17.5 Å². The molecule has 106 valence electrons. The summed E-state index contributed by atoms with van der Waals surface area (Å²) in [5.41, 5.74) is 1.30. The summed E-state index contributed by atoms with van der Waals surface area (Å²) >= 11 is 0. The molecule has 3 atom stereocenters. The van der Waals surface area contributed by atoms with E-state index in [-0.39, 0.29) is 5.82 Å². The molecule has 2 rings (SSSR count). The van der Waals surface area contributed by atoms with Crippen LogP contribution in [-0.4, -0.2) is 30.1 Å². The fourth-order valence-electron chi connectivity index (χ4n) is 2.47. The molecule has 0 bridgehead atoms. The highest BCUT2D eigenvalue weighted by Crippen LogP contribution is 2.38. The Morgan fingerprint density at radius 2 is 2.16 bits per heavy atom. The lowest BCUT2D eigenvalue weighted by molar-refractivity contribution is 0.147. The summed E-state index contributed by atoms with van der Waals surface area (Å²) < 4.78 is 13.4. The summed E-state index contributed by atoms with van der Waals surface area (Å²) in [6, 6.07) is 4.98. The van der Waals surface area contributed by atoms with Crippen molar-refractivity contribution in [1.82, 2.24) is 4.90 Å². The Hall–Kier alpha value is -0.930. The minimum atomic E-state index is -0.575. The first-order chi connectivity index (χ1) is 8.97. The van der Waals surface area contributed by atoms with E-state index >= 15 is 0 Å². The number of hydrogen-bond donors (Lipinski definition) is 1. The Bertz CT molecular complexity index is 435. The normalized spacial score (nSPS) is 23.7. The Kier molecular flexibility index (Phi) is 4.58. The molecule has 0 radical (unpaired) electrons. The molecule has 0 aliphatic heterocycles. The van der Waals surface area contributed by atoms with Gasteiger partial charge in [-0.1, -0.05) is 19.1 Å². The summed E-state index contributed by atoms with van der Waals surface area (Å²) in [4.78, 5) is 2.27. The Morgan fingerprint density at radius 1 is 1.47 bits per heavy atom. The van der Waals surface area contributed by atoms with Crippen LogP contribution in [0.2, 0.25) is 0 Å². The van der Waals surface area contributed by atoms with Gasteiger partial charge in [-0.3, -0.25) is 0 Å². The molecule has 1 fully saturated rings. The third kappa shape index (κ3) is 4.02. The Morgan fingerprint density at radius 3 is 2.74 bits per heavy atom. The SMILES string of the molecule is Cc1ccc(C(O)CCN(C)CC2CC2C)cc1F. The quantitative estimate of drug-likeness (QED) is 0.854. The molecule has 0 amide bonds. The first-order valence-electron chi connectivity index (χ1n) is 7.10. The van der Waals surface area contributed by atoms with E-state index in [0.717, 1.165) is 24.9 Å². The van der Waals surface area contributed by atoms with Crippen molar-refractivity contribution in [2.24, 2.45) is 11.8 Å². The minimum Gasteiger partial charge on any atom is -0.388 e. The van der Waals surface area contributed by atoms with Crippen LogP contribution in [0.25, 0.3) is 0 Å². The Balaban J connectivity index is 1.79. The zero-order valence-electron chi connectivity index (χ0n) is 12.1. The van der Waals surface area contributed by atoms with Gasteiger partial charge in [0.1, 0.15) is 5.82 Å². The van der Waals surface area contributed by atoms with E-state index in [1.807, 2.05) is 6.07 Å². The number of aryl methyl sites for hydroxylation is 1. The lowest BCUT2D eigenvalue weighted by atomic mass is 10.0. The molecule has 0 saturated heterocycles. The van der Waals surface area contributed by atoms with Gasteiger partial charge < -0.3 is 10.0 Å². The van der Waals surface area contributed by atoms with Gasteiger partial charge in [0, 0.05) is 13.1 Å². The summed E-state index contributed by atoms with van der Waals surface area (Å²) in [5.74, 6) is 1.45. The third-order valence-electron chi connectivity index (χ3n) is 4.19. The summed E-state index contributed by atoms with van der Waals surface area (Å²) in [6.45, 7) is 5.97. The van der Waals surface area contributed by atoms with Crippen LogP contribution in [0.5, 0.6) is 0 Å². The van der Waals surface area contributed by atoms with Crippen LogP contribution < -0.4 is 0 Å². The molecule has 0 spiro atoms. The van der Waals surface area contributed by atoms with Gasteiger partial charge in [0.05, 0.1) is 6.10 Å². The minimum absolute atomic E-state index is 0.239. The van der Waals surface area contributed by atoms with E-state index < -0.39 is 6.10 Å². The van der Waals surface area contributed by atoms with Crippen molar-refractivity contribution in [2.45, 2.75) is 32.8 Å². The van der Waals surface area contributed by atoms with Gasteiger partial charge in [-0.25, -0.2) is 4.39 Å². The van der Waals surface area contributed by atoms with Crippen LogP contribution in [0, 0.1) is 24.6 Å². The fraction of sp³-hybridized carbons (Fsp3) is 0.625. The second-order valence-corrected chi connectivity index (χ2v) is 6.05. The molecule has 0 aromatic heterocycles. The van der Waals surface area contributed by atoms with Gasteiger partial charge in [-0.2, -0.15) is 0 Å². The number of benzene rings is 1. The number of aliphatic hydroxyl groups excluding tert-OH is 1. The molecule has 19 heavy (non-hydrogen) atoms. The second-order valence-electron chi connectivity index (χ2n) is 6.05. The number of rotatable bonds is 6. The molecule has 1 N–H and O–H groups in total. The van der Waals surface area contributed by atoms with Crippen molar-refractivity contribution < 1.29 is 9.50 Å². The van der Waals surface area contributed by atoms with Crippen LogP contribution in [0.1, 0.15) is 37.0 Å². The van der Waals surface area contributed by atoms with Crippen molar-refractivity contribution in [3.8, 4) is 0 Å². The highest BCUT2D eigenvalue weighted by Gasteiger charge is 2.32. The predicted octanol–water partition coefficient (Wildman–Crippen LogP) is 3.15. The molecule has 1 aliphatic carbocycles. The van der Waals surface area contributed by atoms with Gasteiger partial charge in [0.2, 0.25) is 0 Å². The van der Waals surface area contributed by atoms with E-state index in [9.17, 15) is 9.50 Å². The van der Waals surface area contributed by atoms with Gasteiger partial charge in [-0.15, -0.1) is 0 Å². The lowest BCUT2D eigenvalue weighted by Gasteiger charge is -2.19. The van der Waals surface area contributed by atoms with Crippen molar-refractivity contribution >= 4 is 0 Å². The van der Waals surface area contributed by atoms with Gasteiger partial charge in [0.25, 0.3) is 0 Å². The lowest BCUT2D eigenvalue weighted by Crippen LogP contribution is -2.24. The van der Waals surface area contributed by atoms with Gasteiger partial charge in [-0.05, 0) is 55.8 Å². The van der Waals surface area contributed by atoms with E-state index in [1.165, 1.54) is 12.5 Å². The maximum absolute atomic E-state index is 13.4. The number of hydrogen-bond acceptors (Lipinski definition) is 2. The molecule has 1 aliphatic rings. The van der Waals surface area contributed by atoms with Crippen LogP contribution in [-0.2, 0) is 0 Å². The van der Waals surface area contributed by atoms with Crippen LogP contribution in [0.15, 0.2) is 18.2 Å². The summed E-state index contributed by atoms with van der Waals surface area (Å²) in [5, 5.41) is 10.1. The number of nitrogens with zero attached hydrogens (tertiary/aromatic N) is 1. The van der Waals surface area contributed by atoms with Crippen LogP contribution in [0.3, 0.4) is 0 Å². The van der Waals surface area contributed by atoms with Crippen molar-refractivity contribution in [2.75, 3.05) is 20.1 Å². The molecule has 2 nitrogen and oxygen atoms in total. The number of aliphatic hydroxyl groups is 1. The van der Waals surface area contributed by atoms with Crippen LogP contribution >= 0.6 is 0 Å². The van der Waals surface area contributed by atoms with Gasteiger partial charge in [0.15, 0.2) is 0 Å². The maximum atomic E-state index is 13.4. The van der Waals surface area contributed by atoms with Crippen molar-refractivity contribution in [3.63, 3.8) is 0 Å². The topological polar surface area (TPSA) is 23.5 Å². The van der Waals surface area contributed by atoms with E-state index in [2.05, 4.69) is 18.9 Å². The van der Waals surface area contributed by atoms with E-state index in [4.69, 9.17) is 0 Å². The molecule has 1 saturated carbocycles. The first-order valence-corrected chi connectivity index (χ1v) is 7.10. The maximum Gasteiger partial charge on any atom is 0.126 e. The van der Waals surface area contributed by atoms with Crippen molar-refractivity contribution in [1.29, 1.82) is 0 Å². The highest BCUT2D eigenvalue weighted by molar-refractivity contribution is 5.24. The van der Waals surface area contributed by atoms with Gasteiger partial charge >= 0.3 is 0 Å². The standard InChI is InChI=1S/C16H24FNO/c1-11-4-5-13(9-15(11)17)16(19)6-7-18(3)10-14-8-12(14)2/h4-5,9,12,14,16,19H,6-8,10H2,1-3H3. The van der Waals surface area contributed by atoms with Crippen LogP contribution in [0.4, 0.5) is 4.39 Å². The zero-order chi connectivity index (χ0) is 14.0.